The first kappa shape index (κ1) is 23.8. The third-order valence-electron chi connectivity index (χ3n) is 4.63. The van der Waals surface area contributed by atoms with Gasteiger partial charge in [-0.1, -0.05) is 0 Å². The van der Waals surface area contributed by atoms with Gasteiger partial charge in [0.05, 0.1) is 24.8 Å². The molecule has 1 aliphatic rings. The van der Waals surface area contributed by atoms with Crippen molar-refractivity contribution in [3.63, 3.8) is 0 Å². The molecule has 1 aromatic carbocycles. The summed E-state index contributed by atoms with van der Waals surface area (Å²) in [6, 6.07) is 2.85. The summed E-state index contributed by atoms with van der Waals surface area (Å²) < 4.78 is 64.2. The summed E-state index contributed by atoms with van der Waals surface area (Å²) >= 11 is 0. The van der Waals surface area contributed by atoms with Gasteiger partial charge < -0.3 is 19.7 Å². The minimum Gasteiger partial charge on any atom is -0.465 e. The molecule has 0 aliphatic carbocycles. The first-order valence-electron chi connectivity index (χ1n) is 9.47. The van der Waals surface area contributed by atoms with Crippen molar-refractivity contribution in [2.45, 2.75) is 45.1 Å². The number of alkyl halides is 4. The highest BCUT2D eigenvalue weighted by Gasteiger charge is 2.36. The van der Waals surface area contributed by atoms with Crippen LogP contribution in [0.4, 0.5) is 28.0 Å². The van der Waals surface area contributed by atoms with E-state index >= 15 is 0 Å². The second kappa shape index (κ2) is 9.09. The van der Waals surface area contributed by atoms with Crippen molar-refractivity contribution in [1.82, 2.24) is 4.90 Å². The summed E-state index contributed by atoms with van der Waals surface area (Å²) in [5, 5.41) is 2.62. The van der Waals surface area contributed by atoms with Gasteiger partial charge in [0.2, 0.25) is 0 Å². The minimum absolute atomic E-state index is 0.0513. The number of halogens is 4. The van der Waals surface area contributed by atoms with E-state index in [0.29, 0.717) is 0 Å². The number of methoxy groups -OCH3 is 1. The quantitative estimate of drug-likeness (QED) is 0.558. The van der Waals surface area contributed by atoms with Gasteiger partial charge >= 0.3 is 18.2 Å². The van der Waals surface area contributed by atoms with Gasteiger partial charge in [-0.2, -0.15) is 13.2 Å². The Labute approximate surface area is 172 Å². The van der Waals surface area contributed by atoms with Gasteiger partial charge in [0.15, 0.2) is 0 Å². The van der Waals surface area contributed by atoms with Crippen LogP contribution in [0.15, 0.2) is 18.2 Å². The van der Waals surface area contributed by atoms with Crippen LogP contribution in [-0.4, -0.2) is 55.5 Å². The second-order valence-electron chi connectivity index (χ2n) is 8.12. The molecule has 1 amide bonds. The maximum absolute atomic E-state index is 14.6. The average molecular weight is 434 g/mol. The van der Waals surface area contributed by atoms with Crippen LogP contribution in [0.25, 0.3) is 0 Å². The summed E-state index contributed by atoms with van der Waals surface area (Å²) in [5.74, 6) is -1.38. The fourth-order valence-electron chi connectivity index (χ4n) is 3.10. The normalized spacial score (nSPS) is 19.9. The highest BCUT2D eigenvalue weighted by atomic mass is 19.4. The summed E-state index contributed by atoms with van der Waals surface area (Å²) in [4.78, 5) is 25.0. The Bertz CT molecular complexity index is 777. The van der Waals surface area contributed by atoms with Crippen LogP contribution in [0.3, 0.4) is 0 Å². The molecule has 1 aliphatic heterocycles. The van der Waals surface area contributed by atoms with Crippen LogP contribution in [-0.2, 0) is 15.7 Å². The largest absolute Gasteiger partial charge is 0.465 e. The van der Waals surface area contributed by atoms with E-state index in [-0.39, 0.29) is 37.3 Å². The predicted octanol–water partition coefficient (Wildman–Crippen LogP) is 4.50. The number of likely N-dealkylation sites (tertiary alicyclic amines) is 1. The average Bonchev–Trinajstić information content (AvgIpc) is 2.63. The molecule has 2 atom stereocenters. The van der Waals surface area contributed by atoms with Crippen LogP contribution in [0, 0.1) is 5.92 Å². The van der Waals surface area contributed by atoms with Gasteiger partial charge in [-0.15, -0.1) is 0 Å². The Morgan fingerprint density at radius 3 is 2.43 bits per heavy atom. The summed E-state index contributed by atoms with van der Waals surface area (Å²) in [7, 11) is 1.12. The zero-order valence-electron chi connectivity index (χ0n) is 17.3. The molecule has 2 rings (SSSR count). The number of carbonyl (C=O) groups excluding carboxylic acids is 2. The predicted molar refractivity (Wildman–Crippen MR) is 102 cm³/mol. The van der Waals surface area contributed by atoms with Crippen molar-refractivity contribution in [2.24, 2.45) is 5.92 Å². The maximum atomic E-state index is 14.6. The minimum atomic E-state index is -4.65. The second-order valence-corrected chi connectivity index (χ2v) is 8.12. The Morgan fingerprint density at radius 2 is 1.90 bits per heavy atom. The number of amides is 1. The molecule has 0 radical (unpaired) electrons. The lowest BCUT2D eigenvalue weighted by Crippen LogP contribution is -2.48. The van der Waals surface area contributed by atoms with Crippen LogP contribution in [0.2, 0.25) is 0 Å². The number of ether oxygens (including phenoxy) is 2. The maximum Gasteiger partial charge on any atom is 0.418 e. The molecule has 1 saturated heterocycles. The highest BCUT2D eigenvalue weighted by molar-refractivity contribution is 5.90. The molecule has 0 unspecified atom stereocenters. The Hall–Kier alpha value is -2.52. The molecule has 0 spiro atoms. The van der Waals surface area contributed by atoms with Gasteiger partial charge in [0.1, 0.15) is 11.8 Å². The van der Waals surface area contributed by atoms with Crippen molar-refractivity contribution in [2.75, 3.05) is 32.1 Å². The molecule has 1 heterocycles. The number of carbonyl (C=O) groups is 2. The van der Waals surface area contributed by atoms with Crippen LogP contribution in [0.1, 0.15) is 43.1 Å². The van der Waals surface area contributed by atoms with Crippen molar-refractivity contribution in [1.29, 1.82) is 0 Å². The Balaban J connectivity index is 2.06. The SMILES string of the molecule is COC(=O)c1ccc(C(F)(F)F)c(NC[C@@H]2CCN(C(=O)OC(C)(C)C)C[C@H]2F)c1. The Kier molecular flexibility index (Phi) is 7.20. The smallest absolute Gasteiger partial charge is 0.418 e. The van der Waals surface area contributed by atoms with Crippen LogP contribution in [0.5, 0.6) is 0 Å². The molecule has 0 aromatic heterocycles. The standard InChI is InChI=1S/C20H26F4N2O4/c1-19(2,3)30-18(28)26-8-7-13(15(21)11-26)10-25-16-9-12(17(27)29-4)5-6-14(16)20(22,23)24/h5-6,9,13,15,25H,7-8,10-11H2,1-4H3/t13-,15+/m0/s1. The molecule has 6 nitrogen and oxygen atoms in total. The van der Waals surface area contributed by atoms with Crippen LogP contribution < -0.4 is 5.32 Å². The molecule has 0 saturated carbocycles. The van der Waals surface area contributed by atoms with Crippen molar-refractivity contribution >= 4 is 17.7 Å². The molecule has 0 bridgehead atoms. The third-order valence-corrected chi connectivity index (χ3v) is 4.63. The van der Waals surface area contributed by atoms with Gasteiger partial charge in [0.25, 0.3) is 0 Å². The van der Waals surface area contributed by atoms with E-state index in [0.717, 1.165) is 25.3 Å². The van der Waals surface area contributed by atoms with E-state index in [9.17, 15) is 27.2 Å². The highest BCUT2D eigenvalue weighted by Crippen LogP contribution is 2.36. The van der Waals surface area contributed by atoms with Crippen molar-refractivity contribution < 1.29 is 36.6 Å². The lowest BCUT2D eigenvalue weighted by molar-refractivity contribution is -0.137. The van der Waals surface area contributed by atoms with Gasteiger partial charge in [-0.3, -0.25) is 0 Å². The van der Waals surface area contributed by atoms with Crippen molar-refractivity contribution in [3.05, 3.63) is 29.3 Å². The zero-order valence-corrected chi connectivity index (χ0v) is 17.3. The Morgan fingerprint density at radius 1 is 1.23 bits per heavy atom. The number of benzene rings is 1. The summed E-state index contributed by atoms with van der Waals surface area (Å²) in [6.07, 6.45) is -6.45. The fraction of sp³-hybridized carbons (Fsp3) is 0.600. The number of esters is 1. The molecule has 1 N–H and O–H groups in total. The number of piperidine rings is 1. The number of nitrogens with zero attached hydrogens (tertiary/aromatic N) is 1. The number of hydrogen-bond acceptors (Lipinski definition) is 5. The van der Waals surface area contributed by atoms with Gasteiger partial charge in [0, 0.05) is 24.7 Å². The first-order valence-corrected chi connectivity index (χ1v) is 9.47. The van der Waals surface area contributed by atoms with Crippen molar-refractivity contribution in [3.8, 4) is 0 Å². The monoisotopic (exact) mass is 434 g/mol. The number of rotatable bonds is 4. The number of nitrogens with one attached hydrogen (secondary N) is 1. The molecular formula is C20H26F4N2O4. The van der Waals surface area contributed by atoms with E-state index < -0.39 is 41.5 Å². The molecular weight excluding hydrogens is 408 g/mol. The number of hydrogen-bond donors (Lipinski definition) is 1. The summed E-state index contributed by atoms with van der Waals surface area (Å²) in [6.45, 7) is 5.06. The van der Waals surface area contributed by atoms with Crippen LogP contribution >= 0.6 is 0 Å². The third kappa shape index (κ3) is 6.24. The first-order chi connectivity index (χ1) is 13.8. The zero-order chi connectivity index (χ0) is 22.7. The molecule has 10 heteroatoms. The van der Waals surface area contributed by atoms with Gasteiger partial charge in [-0.25, -0.2) is 14.0 Å². The molecule has 1 fully saturated rings. The lowest BCUT2D eigenvalue weighted by Gasteiger charge is -2.36. The van der Waals surface area contributed by atoms with E-state index in [1.54, 1.807) is 20.8 Å². The lowest BCUT2D eigenvalue weighted by atomic mass is 9.94. The fourth-order valence-corrected chi connectivity index (χ4v) is 3.10. The molecule has 1 aromatic rings. The number of anilines is 1. The van der Waals surface area contributed by atoms with E-state index in [4.69, 9.17) is 4.74 Å². The van der Waals surface area contributed by atoms with E-state index in [1.165, 1.54) is 4.90 Å². The van der Waals surface area contributed by atoms with Gasteiger partial charge in [-0.05, 0) is 45.4 Å². The molecule has 30 heavy (non-hydrogen) atoms. The summed E-state index contributed by atoms with van der Waals surface area (Å²) in [5.41, 5.74) is -2.05. The van der Waals surface area contributed by atoms with E-state index in [2.05, 4.69) is 10.1 Å². The van der Waals surface area contributed by atoms with E-state index in [1.807, 2.05) is 0 Å². The molecule has 168 valence electrons. The topological polar surface area (TPSA) is 67.9 Å².